The molecule has 1 unspecified atom stereocenters. The zero-order chi connectivity index (χ0) is 14.1. The number of amides is 1. The molecule has 1 amide bonds. The zero-order valence-electron chi connectivity index (χ0n) is 11.3. The van der Waals surface area contributed by atoms with E-state index in [1.165, 1.54) is 11.3 Å². The van der Waals surface area contributed by atoms with Crippen LogP contribution >= 0.6 is 11.3 Å². The number of nitrogens with one attached hydrogen (secondary N) is 1. The van der Waals surface area contributed by atoms with Crippen molar-refractivity contribution >= 4 is 33.3 Å². The van der Waals surface area contributed by atoms with Crippen LogP contribution in [0.15, 0.2) is 12.4 Å². The molecule has 1 fully saturated rings. The third-order valence-electron chi connectivity index (χ3n) is 3.61. The van der Waals surface area contributed by atoms with Gasteiger partial charge in [-0.3, -0.25) is 4.79 Å². The zero-order valence-corrected chi connectivity index (χ0v) is 12.1. The predicted molar refractivity (Wildman–Crippen MR) is 79.8 cm³/mol. The number of anilines is 1. The Balaban J connectivity index is 1.71. The summed E-state index contributed by atoms with van der Waals surface area (Å²) in [4.78, 5) is 24.1. The van der Waals surface area contributed by atoms with E-state index in [1.54, 1.807) is 12.4 Å². The summed E-state index contributed by atoms with van der Waals surface area (Å²) in [5.74, 6) is 0.401. The van der Waals surface area contributed by atoms with Crippen LogP contribution in [-0.2, 0) is 0 Å². The van der Waals surface area contributed by atoms with E-state index in [4.69, 9.17) is 5.73 Å². The molecule has 0 aromatic carbocycles. The molecule has 0 bridgehead atoms. The number of hydrogen-bond acceptors (Lipinski definition) is 6. The van der Waals surface area contributed by atoms with Gasteiger partial charge in [0.25, 0.3) is 5.91 Å². The van der Waals surface area contributed by atoms with Crippen molar-refractivity contribution in [3.8, 4) is 0 Å². The highest BCUT2D eigenvalue weighted by Gasteiger charge is 2.22. The first-order valence-electron chi connectivity index (χ1n) is 6.61. The van der Waals surface area contributed by atoms with Crippen molar-refractivity contribution in [1.82, 2.24) is 20.2 Å². The average molecular weight is 291 g/mol. The standard InChI is InChI=1S/C13H17N5OS/c1-18-5-2-8(7-18)6-17-12(19)11-9(14)10-13(20-11)16-4-3-15-10/h3-4,8H,2,5-7,14H2,1H3,(H,17,19). The Bertz CT molecular complexity index is 641. The lowest BCUT2D eigenvalue weighted by Gasteiger charge is -2.11. The molecule has 0 radical (unpaired) electrons. The van der Waals surface area contributed by atoms with Crippen LogP contribution in [0.4, 0.5) is 5.69 Å². The van der Waals surface area contributed by atoms with Gasteiger partial charge in [-0.2, -0.15) is 0 Å². The summed E-state index contributed by atoms with van der Waals surface area (Å²) in [5, 5.41) is 2.97. The highest BCUT2D eigenvalue weighted by atomic mass is 32.1. The first kappa shape index (κ1) is 13.3. The molecule has 1 aliphatic rings. The second kappa shape index (κ2) is 5.34. The number of hydrogen-bond donors (Lipinski definition) is 2. The summed E-state index contributed by atoms with van der Waals surface area (Å²) in [6, 6.07) is 0. The third kappa shape index (κ3) is 2.46. The number of likely N-dealkylation sites (tertiary alicyclic amines) is 1. The van der Waals surface area contributed by atoms with Crippen LogP contribution in [0.3, 0.4) is 0 Å². The number of carbonyl (C=O) groups is 1. The molecule has 1 aliphatic heterocycles. The summed E-state index contributed by atoms with van der Waals surface area (Å²) in [6.07, 6.45) is 4.32. The number of aromatic nitrogens is 2. The second-order valence-corrected chi connectivity index (χ2v) is 6.18. The highest BCUT2D eigenvalue weighted by Crippen LogP contribution is 2.30. The number of fused-ring (bicyclic) bond motifs is 1. The van der Waals surface area contributed by atoms with E-state index in [-0.39, 0.29) is 5.91 Å². The lowest BCUT2D eigenvalue weighted by atomic mass is 10.1. The fourth-order valence-corrected chi connectivity index (χ4v) is 3.46. The largest absolute Gasteiger partial charge is 0.396 e. The Morgan fingerprint density at radius 2 is 2.35 bits per heavy atom. The van der Waals surface area contributed by atoms with Crippen molar-refractivity contribution in [3.05, 3.63) is 17.3 Å². The van der Waals surface area contributed by atoms with E-state index in [2.05, 4.69) is 27.2 Å². The molecule has 0 spiro atoms. The van der Waals surface area contributed by atoms with E-state index in [0.29, 0.717) is 33.4 Å². The molecular formula is C13H17N5OS. The Labute approximate surface area is 121 Å². The van der Waals surface area contributed by atoms with Crippen LogP contribution in [0.25, 0.3) is 10.3 Å². The van der Waals surface area contributed by atoms with Gasteiger partial charge in [-0.05, 0) is 25.9 Å². The van der Waals surface area contributed by atoms with Crippen molar-refractivity contribution < 1.29 is 4.79 Å². The molecule has 3 rings (SSSR count). The second-order valence-electron chi connectivity index (χ2n) is 5.18. The van der Waals surface area contributed by atoms with E-state index in [9.17, 15) is 4.79 Å². The summed E-state index contributed by atoms with van der Waals surface area (Å²) in [6.45, 7) is 2.82. The van der Waals surface area contributed by atoms with E-state index < -0.39 is 0 Å². The summed E-state index contributed by atoms with van der Waals surface area (Å²) in [7, 11) is 2.10. The van der Waals surface area contributed by atoms with Crippen molar-refractivity contribution in [2.75, 3.05) is 32.4 Å². The quantitative estimate of drug-likeness (QED) is 0.880. The smallest absolute Gasteiger partial charge is 0.263 e. The molecule has 1 saturated heterocycles. The molecule has 106 valence electrons. The van der Waals surface area contributed by atoms with Crippen LogP contribution in [-0.4, -0.2) is 47.5 Å². The van der Waals surface area contributed by atoms with Crippen LogP contribution < -0.4 is 11.1 Å². The van der Waals surface area contributed by atoms with Gasteiger partial charge in [-0.15, -0.1) is 11.3 Å². The maximum absolute atomic E-state index is 12.2. The molecule has 1 atom stereocenters. The molecule has 2 aromatic rings. The van der Waals surface area contributed by atoms with Gasteiger partial charge in [0.15, 0.2) is 0 Å². The number of carbonyl (C=O) groups excluding carboxylic acids is 1. The maximum atomic E-state index is 12.2. The van der Waals surface area contributed by atoms with Gasteiger partial charge in [-0.1, -0.05) is 0 Å². The Hall–Kier alpha value is -1.73. The highest BCUT2D eigenvalue weighted by molar-refractivity contribution is 7.21. The lowest BCUT2D eigenvalue weighted by Crippen LogP contribution is -2.30. The number of nitrogens with two attached hydrogens (primary N) is 1. The minimum Gasteiger partial charge on any atom is -0.396 e. The molecule has 7 heteroatoms. The normalized spacial score (nSPS) is 19.6. The first-order chi connectivity index (χ1) is 9.65. The molecule has 2 aromatic heterocycles. The monoisotopic (exact) mass is 291 g/mol. The van der Waals surface area contributed by atoms with Gasteiger partial charge < -0.3 is 16.0 Å². The third-order valence-corrected chi connectivity index (χ3v) is 4.71. The summed E-state index contributed by atoms with van der Waals surface area (Å²) >= 11 is 1.29. The van der Waals surface area contributed by atoms with Gasteiger partial charge in [-0.25, -0.2) is 9.97 Å². The fraction of sp³-hybridized carbons (Fsp3) is 0.462. The number of nitrogens with zero attached hydrogens (tertiary/aromatic N) is 3. The van der Waals surface area contributed by atoms with Crippen LogP contribution in [0, 0.1) is 5.92 Å². The molecule has 6 nitrogen and oxygen atoms in total. The number of nitrogen functional groups attached to an aromatic ring is 1. The molecule has 0 saturated carbocycles. The van der Waals surface area contributed by atoms with Crippen LogP contribution in [0.2, 0.25) is 0 Å². The van der Waals surface area contributed by atoms with Crippen molar-refractivity contribution in [3.63, 3.8) is 0 Å². The topological polar surface area (TPSA) is 84.1 Å². The number of rotatable bonds is 3. The first-order valence-corrected chi connectivity index (χ1v) is 7.42. The molecular weight excluding hydrogens is 274 g/mol. The Morgan fingerprint density at radius 1 is 1.55 bits per heavy atom. The van der Waals surface area contributed by atoms with Crippen LogP contribution in [0.1, 0.15) is 16.1 Å². The van der Waals surface area contributed by atoms with Gasteiger partial charge >= 0.3 is 0 Å². The van der Waals surface area contributed by atoms with Crippen molar-refractivity contribution in [2.24, 2.45) is 5.92 Å². The van der Waals surface area contributed by atoms with Crippen molar-refractivity contribution in [1.29, 1.82) is 0 Å². The summed E-state index contributed by atoms with van der Waals surface area (Å²) in [5.41, 5.74) is 7.03. The average Bonchev–Trinajstić information content (AvgIpc) is 3.01. The van der Waals surface area contributed by atoms with E-state index in [0.717, 1.165) is 19.5 Å². The lowest BCUT2D eigenvalue weighted by molar-refractivity contribution is 0.0952. The van der Waals surface area contributed by atoms with Crippen LogP contribution in [0.5, 0.6) is 0 Å². The SMILES string of the molecule is CN1CCC(CNC(=O)c2sc3nccnc3c2N)C1. The molecule has 3 N–H and O–H groups in total. The Morgan fingerprint density at radius 3 is 3.05 bits per heavy atom. The minimum absolute atomic E-state index is 0.123. The fourth-order valence-electron chi connectivity index (χ4n) is 2.52. The van der Waals surface area contributed by atoms with E-state index >= 15 is 0 Å². The Kier molecular flexibility index (Phi) is 3.54. The van der Waals surface area contributed by atoms with Gasteiger partial charge in [0, 0.05) is 25.5 Å². The molecule has 0 aliphatic carbocycles. The van der Waals surface area contributed by atoms with Gasteiger partial charge in [0.05, 0.1) is 5.69 Å². The molecule has 20 heavy (non-hydrogen) atoms. The number of thiophene rings is 1. The summed E-state index contributed by atoms with van der Waals surface area (Å²) < 4.78 is 0. The van der Waals surface area contributed by atoms with Crippen molar-refractivity contribution in [2.45, 2.75) is 6.42 Å². The minimum atomic E-state index is -0.123. The molecule has 3 heterocycles. The van der Waals surface area contributed by atoms with E-state index in [1.807, 2.05) is 0 Å². The maximum Gasteiger partial charge on any atom is 0.263 e. The predicted octanol–water partition coefficient (Wildman–Crippen LogP) is 0.955. The van der Waals surface area contributed by atoms with Gasteiger partial charge in [0.1, 0.15) is 15.2 Å². The van der Waals surface area contributed by atoms with Gasteiger partial charge in [0.2, 0.25) is 0 Å².